The predicted molar refractivity (Wildman–Crippen MR) is 98.3 cm³/mol. The summed E-state index contributed by atoms with van der Waals surface area (Å²) in [5.74, 6) is -1.05. The van der Waals surface area contributed by atoms with Gasteiger partial charge >= 0.3 is 5.97 Å². The predicted octanol–water partition coefficient (Wildman–Crippen LogP) is 1.12. The molecule has 1 aromatic heterocycles. The maximum absolute atomic E-state index is 12.1. The van der Waals surface area contributed by atoms with Crippen LogP contribution in [-0.2, 0) is 27.3 Å². The van der Waals surface area contributed by atoms with Gasteiger partial charge in [-0.05, 0) is 12.5 Å². The van der Waals surface area contributed by atoms with Gasteiger partial charge in [-0.15, -0.1) is 0 Å². The Bertz CT molecular complexity index is 715. The van der Waals surface area contributed by atoms with E-state index in [1.807, 2.05) is 41.1 Å². The largest absolute Gasteiger partial charge is 0.466 e. The topological polar surface area (TPSA) is 99.2 Å². The van der Waals surface area contributed by atoms with Crippen LogP contribution in [0.2, 0.25) is 0 Å². The number of ether oxygens (including phenoxy) is 1. The smallest absolute Gasteiger partial charge is 0.310 e. The molecule has 7 heteroatoms. The van der Waals surface area contributed by atoms with Crippen LogP contribution < -0.4 is 11.1 Å². The first-order valence-corrected chi connectivity index (χ1v) is 8.74. The number of hydrogen-bond acceptors (Lipinski definition) is 5. The minimum atomic E-state index is -0.718. The molecule has 1 aromatic carbocycles. The van der Waals surface area contributed by atoms with E-state index in [4.69, 9.17) is 10.5 Å². The molecule has 1 amide bonds. The number of esters is 1. The third-order valence-electron chi connectivity index (χ3n) is 3.93. The molecule has 2 atom stereocenters. The second-order valence-electron chi connectivity index (χ2n) is 6.23. The lowest BCUT2D eigenvalue weighted by Gasteiger charge is -2.14. The van der Waals surface area contributed by atoms with Crippen molar-refractivity contribution in [1.82, 2.24) is 14.9 Å². The third kappa shape index (κ3) is 6.00. The van der Waals surface area contributed by atoms with E-state index in [0.29, 0.717) is 19.6 Å². The normalized spacial score (nSPS) is 13.0. The Morgan fingerprint density at radius 3 is 2.73 bits per heavy atom. The standard InChI is InChI=1S/C19H26N4O3/c1-3-26-19(25)14(2)10-21-18(24)17(20)9-16-12-23(13-22-16)11-15-7-5-4-6-8-15/h4-8,12-14,17H,3,9-11,20H2,1-2H3,(H,21,24)/t14?,17-/m0/s1. The number of hydrogen-bond donors (Lipinski definition) is 2. The lowest BCUT2D eigenvalue weighted by atomic mass is 10.1. The van der Waals surface area contributed by atoms with Crippen molar-refractivity contribution in [3.8, 4) is 0 Å². The first kappa shape index (κ1) is 19.7. The van der Waals surface area contributed by atoms with Gasteiger partial charge < -0.3 is 20.4 Å². The maximum atomic E-state index is 12.1. The highest BCUT2D eigenvalue weighted by molar-refractivity contribution is 5.82. The molecule has 0 saturated carbocycles. The molecule has 1 heterocycles. The molecule has 1 unspecified atom stereocenters. The number of imidazole rings is 1. The van der Waals surface area contributed by atoms with Crippen LogP contribution in [0.5, 0.6) is 0 Å². The fourth-order valence-electron chi connectivity index (χ4n) is 2.46. The van der Waals surface area contributed by atoms with E-state index in [2.05, 4.69) is 10.3 Å². The molecule has 0 fully saturated rings. The van der Waals surface area contributed by atoms with Crippen molar-refractivity contribution >= 4 is 11.9 Å². The summed E-state index contributed by atoms with van der Waals surface area (Å²) in [6, 6.07) is 9.33. The van der Waals surface area contributed by atoms with Crippen LogP contribution in [0.1, 0.15) is 25.1 Å². The van der Waals surface area contributed by atoms with Gasteiger partial charge in [0.25, 0.3) is 0 Å². The zero-order valence-electron chi connectivity index (χ0n) is 15.2. The number of nitrogens with two attached hydrogens (primary N) is 1. The fourth-order valence-corrected chi connectivity index (χ4v) is 2.46. The summed E-state index contributed by atoms with van der Waals surface area (Å²) >= 11 is 0. The van der Waals surface area contributed by atoms with Crippen molar-refractivity contribution in [3.63, 3.8) is 0 Å². The van der Waals surface area contributed by atoms with Crippen molar-refractivity contribution < 1.29 is 14.3 Å². The molecule has 0 aliphatic heterocycles. The van der Waals surface area contributed by atoms with Crippen LogP contribution in [0.3, 0.4) is 0 Å². The van der Waals surface area contributed by atoms with E-state index in [9.17, 15) is 9.59 Å². The van der Waals surface area contributed by atoms with Crippen molar-refractivity contribution in [2.45, 2.75) is 32.9 Å². The molecule has 0 aliphatic carbocycles. The first-order valence-electron chi connectivity index (χ1n) is 8.74. The minimum absolute atomic E-state index is 0.202. The average molecular weight is 358 g/mol. The molecule has 0 spiro atoms. The Morgan fingerprint density at radius 2 is 2.04 bits per heavy atom. The summed E-state index contributed by atoms with van der Waals surface area (Å²) < 4.78 is 6.87. The Balaban J connectivity index is 1.80. The van der Waals surface area contributed by atoms with E-state index < -0.39 is 12.0 Å². The summed E-state index contributed by atoms with van der Waals surface area (Å²) in [7, 11) is 0. The molecule has 0 saturated heterocycles. The molecular weight excluding hydrogens is 332 g/mol. The van der Waals surface area contributed by atoms with Crippen molar-refractivity contribution in [2.24, 2.45) is 11.7 Å². The summed E-state index contributed by atoms with van der Waals surface area (Å²) in [5, 5.41) is 2.69. The summed E-state index contributed by atoms with van der Waals surface area (Å²) in [6.07, 6.45) is 3.96. The van der Waals surface area contributed by atoms with Gasteiger partial charge in [-0.2, -0.15) is 0 Å². The second-order valence-corrected chi connectivity index (χ2v) is 6.23. The second kappa shape index (κ2) is 9.72. The molecule has 2 aromatic rings. The molecule has 26 heavy (non-hydrogen) atoms. The van der Waals surface area contributed by atoms with Crippen LogP contribution >= 0.6 is 0 Å². The molecular formula is C19H26N4O3. The zero-order chi connectivity index (χ0) is 18.9. The maximum Gasteiger partial charge on any atom is 0.310 e. The summed E-state index contributed by atoms with van der Waals surface area (Å²) in [4.78, 5) is 28.0. The molecule has 2 rings (SSSR count). The number of carbonyl (C=O) groups is 2. The lowest BCUT2D eigenvalue weighted by molar-refractivity contribution is -0.147. The van der Waals surface area contributed by atoms with E-state index >= 15 is 0 Å². The van der Waals surface area contributed by atoms with Crippen LogP contribution in [0.15, 0.2) is 42.9 Å². The summed E-state index contributed by atoms with van der Waals surface area (Å²) in [5.41, 5.74) is 7.88. The average Bonchev–Trinajstić information content (AvgIpc) is 3.07. The Morgan fingerprint density at radius 1 is 1.31 bits per heavy atom. The SMILES string of the molecule is CCOC(=O)C(C)CNC(=O)[C@@H](N)Cc1cn(Cc2ccccc2)cn1. The van der Waals surface area contributed by atoms with Gasteiger partial charge in [0.15, 0.2) is 0 Å². The highest BCUT2D eigenvalue weighted by Gasteiger charge is 2.19. The Kier molecular flexibility index (Phi) is 7.35. The summed E-state index contributed by atoms with van der Waals surface area (Å²) in [6.45, 7) is 4.69. The third-order valence-corrected chi connectivity index (χ3v) is 3.93. The number of rotatable bonds is 9. The quantitative estimate of drug-likeness (QED) is 0.654. The molecule has 0 aliphatic rings. The number of nitrogens with zero attached hydrogens (tertiary/aromatic N) is 2. The van der Waals surface area contributed by atoms with Crippen LogP contribution in [-0.4, -0.2) is 40.6 Å². The molecule has 0 radical (unpaired) electrons. The van der Waals surface area contributed by atoms with Gasteiger partial charge in [0.1, 0.15) is 0 Å². The molecule has 0 bridgehead atoms. The number of amides is 1. The number of carbonyl (C=O) groups excluding carboxylic acids is 2. The van der Waals surface area contributed by atoms with Crippen molar-refractivity contribution in [2.75, 3.05) is 13.2 Å². The van der Waals surface area contributed by atoms with Gasteiger partial charge in [0, 0.05) is 25.7 Å². The van der Waals surface area contributed by atoms with Crippen molar-refractivity contribution in [3.05, 3.63) is 54.1 Å². The number of benzene rings is 1. The van der Waals surface area contributed by atoms with Gasteiger partial charge in [-0.25, -0.2) is 4.98 Å². The zero-order valence-corrected chi connectivity index (χ0v) is 15.2. The molecule has 3 N–H and O–H groups in total. The molecule has 140 valence electrons. The molecule has 7 nitrogen and oxygen atoms in total. The van der Waals surface area contributed by atoms with E-state index in [1.54, 1.807) is 20.2 Å². The minimum Gasteiger partial charge on any atom is -0.466 e. The van der Waals surface area contributed by atoms with Gasteiger partial charge in [-0.3, -0.25) is 9.59 Å². The fraction of sp³-hybridized carbons (Fsp3) is 0.421. The Labute approximate surface area is 153 Å². The van der Waals surface area contributed by atoms with E-state index in [0.717, 1.165) is 5.69 Å². The van der Waals surface area contributed by atoms with E-state index in [1.165, 1.54) is 5.56 Å². The number of aromatic nitrogens is 2. The van der Waals surface area contributed by atoms with E-state index in [-0.39, 0.29) is 18.4 Å². The van der Waals surface area contributed by atoms with Crippen LogP contribution in [0.25, 0.3) is 0 Å². The monoisotopic (exact) mass is 358 g/mol. The lowest BCUT2D eigenvalue weighted by Crippen LogP contribution is -2.44. The number of nitrogens with one attached hydrogen (secondary N) is 1. The van der Waals surface area contributed by atoms with Gasteiger partial charge in [0.05, 0.1) is 30.6 Å². The van der Waals surface area contributed by atoms with Crippen molar-refractivity contribution in [1.29, 1.82) is 0 Å². The van der Waals surface area contributed by atoms with Gasteiger partial charge in [-0.1, -0.05) is 37.3 Å². The highest BCUT2D eigenvalue weighted by atomic mass is 16.5. The van der Waals surface area contributed by atoms with Crippen LogP contribution in [0, 0.1) is 5.92 Å². The Hall–Kier alpha value is -2.67. The van der Waals surface area contributed by atoms with Gasteiger partial charge in [0.2, 0.25) is 5.91 Å². The van der Waals surface area contributed by atoms with Crippen LogP contribution in [0.4, 0.5) is 0 Å². The first-order chi connectivity index (χ1) is 12.5. The highest BCUT2D eigenvalue weighted by Crippen LogP contribution is 2.05.